The third-order valence-electron chi connectivity index (χ3n) is 4.19. The predicted octanol–water partition coefficient (Wildman–Crippen LogP) is 5.45. The average molecular weight is 454 g/mol. The van der Waals surface area contributed by atoms with Crippen LogP contribution in [-0.4, -0.2) is 35.9 Å². The lowest BCUT2D eigenvalue weighted by atomic mass is 10.1. The SMILES string of the molecule is COc1ccc(CCN2C(=O)/C(=C\c3ccc(Cl)cc3Cl)SC2=S)cc1OC. The Bertz CT molecular complexity index is 962. The van der Waals surface area contributed by atoms with E-state index in [0.29, 0.717) is 43.7 Å². The molecule has 0 radical (unpaired) electrons. The smallest absolute Gasteiger partial charge is 0.266 e. The highest BCUT2D eigenvalue weighted by molar-refractivity contribution is 8.26. The molecular weight excluding hydrogens is 437 g/mol. The van der Waals surface area contributed by atoms with Gasteiger partial charge in [-0.1, -0.05) is 59.3 Å². The lowest BCUT2D eigenvalue weighted by Gasteiger charge is -2.15. The Morgan fingerprint density at radius 1 is 1.11 bits per heavy atom. The first kappa shape index (κ1) is 21.0. The molecule has 0 aliphatic carbocycles. The van der Waals surface area contributed by atoms with Gasteiger partial charge >= 0.3 is 0 Å². The van der Waals surface area contributed by atoms with Gasteiger partial charge in [-0.3, -0.25) is 9.69 Å². The number of carbonyl (C=O) groups excluding carboxylic acids is 1. The Morgan fingerprint density at radius 3 is 2.54 bits per heavy atom. The Hall–Kier alpha value is -1.73. The molecule has 146 valence electrons. The molecule has 2 aromatic carbocycles. The molecule has 0 atom stereocenters. The van der Waals surface area contributed by atoms with Gasteiger partial charge < -0.3 is 9.47 Å². The summed E-state index contributed by atoms with van der Waals surface area (Å²) in [6, 6.07) is 10.9. The van der Waals surface area contributed by atoms with Crippen molar-refractivity contribution in [1.82, 2.24) is 4.90 Å². The number of hydrogen-bond acceptors (Lipinski definition) is 5. The molecule has 1 aliphatic rings. The van der Waals surface area contributed by atoms with Crippen LogP contribution in [0, 0.1) is 0 Å². The molecule has 3 rings (SSSR count). The second-order valence-electron chi connectivity index (χ2n) is 5.94. The number of hydrogen-bond donors (Lipinski definition) is 0. The normalized spacial score (nSPS) is 15.4. The highest BCUT2D eigenvalue weighted by atomic mass is 35.5. The van der Waals surface area contributed by atoms with Crippen LogP contribution in [0.3, 0.4) is 0 Å². The van der Waals surface area contributed by atoms with Crippen molar-refractivity contribution in [3.8, 4) is 11.5 Å². The molecule has 8 heteroatoms. The third kappa shape index (κ3) is 4.63. The summed E-state index contributed by atoms with van der Waals surface area (Å²) in [4.78, 5) is 14.9. The first-order chi connectivity index (χ1) is 13.4. The van der Waals surface area contributed by atoms with Gasteiger partial charge in [-0.05, 0) is 47.9 Å². The minimum atomic E-state index is -0.124. The van der Waals surface area contributed by atoms with Crippen LogP contribution in [0.1, 0.15) is 11.1 Å². The molecule has 2 aromatic rings. The Kier molecular flexibility index (Phi) is 6.88. The maximum Gasteiger partial charge on any atom is 0.266 e. The van der Waals surface area contributed by atoms with Crippen LogP contribution in [0.2, 0.25) is 10.0 Å². The van der Waals surface area contributed by atoms with Crippen molar-refractivity contribution in [2.24, 2.45) is 0 Å². The number of methoxy groups -OCH3 is 2. The molecule has 1 aliphatic heterocycles. The van der Waals surface area contributed by atoms with Crippen LogP contribution in [0.15, 0.2) is 41.3 Å². The van der Waals surface area contributed by atoms with Gasteiger partial charge in [0.15, 0.2) is 11.5 Å². The number of halogens is 2. The molecule has 4 nitrogen and oxygen atoms in total. The third-order valence-corrected chi connectivity index (χ3v) is 6.13. The van der Waals surface area contributed by atoms with E-state index in [1.165, 1.54) is 11.8 Å². The number of rotatable bonds is 6. The molecule has 0 spiro atoms. The molecule has 0 N–H and O–H groups in total. The number of thiocarbonyl (C=S) groups is 1. The second kappa shape index (κ2) is 9.18. The Labute approximate surface area is 183 Å². The lowest BCUT2D eigenvalue weighted by Crippen LogP contribution is -2.30. The van der Waals surface area contributed by atoms with Crippen LogP contribution >= 0.6 is 47.2 Å². The summed E-state index contributed by atoms with van der Waals surface area (Å²) in [5.41, 5.74) is 1.75. The Morgan fingerprint density at radius 2 is 1.86 bits per heavy atom. The molecule has 28 heavy (non-hydrogen) atoms. The fourth-order valence-electron chi connectivity index (χ4n) is 2.73. The summed E-state index contributed by atoms with van der Waals surface area (Å²) in [7, 11) is 3.19. The number of carbonyl (C=O) groups is 1. The van der Waals surface area contributed by atoms with Gasteiger partial charge in [0.05, 0.1) is 19.1 Å². The van der Waals surface area contributed by atoms with Gasteiger partial charge in [0.1, 0.15) is 4.32 Å². The number of thioether (sulfide) groups is 1. The van der Waals surface area contributed by atoms with Gasteiger partial charge in [0.25, 0.3) is 5.91 Å². The minimum absolute atomic E-state index is 0.124. The quantitative estimate of drug-likeness (QED) is 0.429. The van der Waals surface area contributed by atoms with Crippen LogP contribution < -0.4 is 9.47 Å². The minimum Gasteiger partial charge on any atom is -0.493 e. The van der Waals surface area contributed by atoms with Crippen LogP contribution in [0.4, 0.5) is 0 Å². The maximum absolute atomic E-state index is 12.8. The monoisotopic (exact) mass is 453 g/mol. The average Bonchev–Trinajstić information content (AvgIpc) is 2.95. The van der Waals surface area contributed by atoms with Gasteiger partial charge in [-0.15, -0.1) is 0 Å². The van der Waals surface area contributed by atoms with E-state index >= 15 is 0 Å². The highest BCUT2D eigenvalue weighted by Gasteiger charge is 2.31. The van der Waals surface area contributed by atoms with Crippen molar-refractivity contribution in [2.45, 2.75) is 6.42 Å². The summed E-state index contributed by atoms with van der Waals surface area (Å²) in [5.74, 6) is 1.20. The molecule has 1 fully saturated rings. The molecule has 1 amide bonds. The summed E-state index contributed by atoms with van der Waals surface area (Å²) >= 11 is 18.8. The number of amides is 1. The van der Waals surface area contributed by atoms with Crippen molar-refractivity contribution < 1.29 is 14.3 Å². The molecule has 0 unspecified atom stereocenters. The van der Waals surface area contributed by atoms with E-state index in [-0.39, 0.29) is 5.91 Å². The number of ether oxygens (including phenoxy) is 2. The van der Waals surface area contributed by atoms with Gasteiger partial charge in [-0.25, -0.2) is 0 Å². The van der Waals surface area contributed by atoms with E-state index < -0.39 is 0 Å². The zero-order valence-electron chi connectivity index (χ0n) is 15.2. The van der Waals surface area contributed by atoms with Crippen molar-refractivity contribution >= 4 is 63.5 Å². The van der Waals surface area contributed by atoms with Crippen LogP contribution in [0.25, 0.3) is 6.08 Å². The van der Waals surface area contributed by atoms with E-state index in [9.17, 15) is 4.79 Å². The first-order valence-corrected chi connectivity index (χ1v) is 10.3. The fourth-order valence-corrected chi connectivity index (χ4v) is 4.49. The van der Waals surface area contributed by atoms with Crippen molar-refractivity contribution in [3.05, 3.63) is 62.5 Å². The highest BCUT2D eigenvalue weighted by Crippen LogP contribution is 2.35. The summed E-state index contributed by atoms with van der Waals surface area (Å²) in [5, 5.41) is 1.03. The van der Waals surface area contributed by atoms with Crippen LogP contribution in [-0.2, 0) is 11.2 Å². The fraction of sp³-hybridized carbons (Fsp3) is 0.200. The summed E-state index contributed by atoms with van der Waals surface area (Å²) in [6.07, 6.45) is 2.39. The maximum atomic E-state index is 12.8. The van der Waals surface area contributed by atoms with Crippen molar-refractivity contribution in [1.29, 1.82) is 0 Å². The standard InChI is InChI=1S/C20H17Cl2NO3S2/c1-25-16-6-3-12(9-17(16)26-2)7-8-23-19(24)18(28-20(23)27)10-13-4-5-14(21)11-15(13)22/h3-6,9-11H,7-8H2,1-2H3/b18-10+. The summed E-state index contributed by atoms with van der Waals surface area (Å²) in [6.45, 7) is 0.478. The second-order valence-corrected chi connectivity index (χ2v) is 8.46. The molecule has 0 aromatic heterocycles. The zero-order chi connectivity index (χ0) is 20.3. The van der Waals surface area contributed by atoms with Crippen molar-refractivity contribution in [3.63, 3.8) is 0 Å². The zero-order valence-corrected chi connectivity index (χ0v) is 18.3. The molecular formula is C20H17Cl2NO3S2. The topological polar surface area (TPSA) is 38.8 Å². The van der Waals surface area contributed by atoms with Gasteiger partial charge in [0.2, 0.25) is 0 Å². The molecule has 1 heterocycles. The van der Waals surface area contributed by atoms with Crippen LogP contribution in [0.5, 0.6) is 11.5 Å². The predicted molar refractivity (Wildman–Crippen MR) is 120 cm³/mol. The molecule has 0 bridgehead atoms. The van der Waals surface area contributed by atoms with E-state index in [0.717, 1.165) is 11.1 Å². The van der Waals surface area contributed by atoms with E-state index in [4.69, 9.17) is 44.9 Å². The van der Waals surface area contributed by atoms with E-state index in [1.54, 1.807) is 43.4 Å². The van der Waals surface area contributed by atoms with Gasteiger partial charge in [-0.2, -0.15) is 0 Å². The Balaban J connectivity index is 1.73. The lowest BCUT2D eigenvalue weighted by molar-refractivity contribution is -0.122. The number of benzene rings is 2. The van der Waals surface area contributed by atoms with Crippen molar-refractivity contribution in [2.75, 3.05) is 20.8 Å². The molecule has 1 saturated heterocycles. The largest absolute Gasteiger partial charge is 0.493 e. The van der Waals surface area contributed by atoms with Gasteiger partial charge in [0, 0.05) is 16.6 Å². The summed E-state index contributed by atoms with van der Waals surface area (Å²) < 4.78 is 11.1. The van der Waals surface area contributed by atoms with E-state index in [1.807, 2.05) is 18.2 Å². The molecule has 0 saturated carbocycles. The number of nitrogens with zero attached hydrogens (tertiary/aromatic N) is 1. The van der Waals surface area contributed by atoms with E-state index in [2.05, 4.69) is 0 Å². The first-order valence-electron chi connectivity index (χ1n) is 8.34.